The summed E-state index contributed by atoms with van der Waals surface area (Å²) in [4.78, 5) is 24.0. The number of pyridine rings is 1. The molecule has 2 N–H and O–H groups in total. The molecule has 0 spiro atoms. The Balaban J connectivity index is 1.54. The summed E-state index contributed by atoms with van der Waals surface area (Å²) in [5.41, 5.74) is 2.92. The number of nitrogens with one attached hydrogen (secondary N) is 2. The predicted octanol–water partition coefficient (Wildman–Crippen LogP) is 1.13. The van der Waals surface area contributed by atoms with Crippen molar-refractivity contribution in [2.45, 2.75) is 20.8 Å². The van der Waals surface area contributed by atoms with Crippen LogP contribution in [-0.2, 0) is 7.05 Å². The second-order valence-corrected chi connectivity index (χ2v) is 6.50. The van der Waals surface area contributed by atoms with Crippen molar-refractivity contribution in [2.24, 2.45) is 7.05 Å². The fourth-order valence-corrected chi connectivity index (χ4v) is 2.71. The Kier molecular flexibility index (Phi) is 5.53. The maximum absolute atomic E-state index is 12.1. The molecule has 1 amide bonds. The number of rotatable bonds is 6. The summed E-state index contributed by atoms with van der Waals surface area (Å²) in [7, 11) is 1.61. The van der Waals surface area contributed by atoms with E-state index in [-0.39, 0.29) is 11.1 Å². The van der Waals surface area contributed by atoms with Crippen LogP contribution in [0.5, 0.6) is 0 Å². The standard InChI is InChI=1S/C19H23N7O2/c1-12-13(2)24-26(14(12)3)17-8-7-16(22-23-17)20-9-10-21-18(27)15-6-5-11-25(4)19(15)28/h5-8,11H,9-10H2,1-4H3,(H,20,22)(H,21,27). The molecule has 9 nitrogen and oxygen atoms in total. The molecule has 0 bridgehead atoms. The quantitative estimate of drug-likeness (QED) is 0.620. The van der Waals surface area contributed by atoms with E-state index < -0.39 is 5.91 Å². The first-order valence-corrected chi connectivity index (χ1v) is 8.93. The van der Waals surface area contributed by atoms with Crippen molar-refractivity contribution in [3.63, 3.8) is 0 Å². The van der Waals surface area contributed by atoms with Gasteiger partial charge in [0.1, 0.15) is 11.4 Å². The number of hydrogen-bond acceptors (Lipinski definition) is 6. The molecule has 0 aliphatic rings. The lowest BCUT2D eigenvalue weighted by molar-refractivity contribution is 0.0953. The van der Waals surface area contributed by atoms with E-state index in [2.05, 4.69) is 25.9 Å². The van der Waals surface area contributed by atoms with E-state index >= 15 is 0 Å². The van der Waals surface area contributed by atoms with Gasteiger partial charge in [-0.15, -0.1) is 10.2 Å². The molecular weight excluding hydrogens is 358 g/mol. The lowest BCUT2D eigenvalue weighted by Crippen LogP contribution is -2.34. The first-order chi connectivity index (χ1) is 13.4. The molecule has 9 heteroatoms. The lowest BCUT2D eigenvalue weighted by Gasteiger charge is -2.08. The van der Waals surface area contributed by atoms with Crippen molar-refractivity contribution in [2.75, 3.05) is 18.4 Å². The Bertz CT molecular complexity index is 1050. The van der Waals surface area contributed by atoms with Gasteiger partial charge in [0.2, 0.25) is 0 Å². The zero-order valence-electron chi connectivity index (χ0n) is 16.4. The predicted molar refractivity (Wildman–Crippen MR) is 106 cm³/mol. The second-order valence-electron chi connectivity index (χ2n) is 6.50. The van der Waals surface area contributed by atoms with Gasteiger partial charge in [0, 0.05) is 32.0 Å². The number of amides is 1. The van der Waals surface area contributed by atoms with Crippen molar-refractivity contribution in [1.82, 2.24) is 29.9 Å². The summed E-state index contributed by atoms with van der Waals surface area (Å²) in [5, 5.41) is 18.6. The van der Waals surface area contributed by atoms with Gasteiger partial charge in [-0.25, -0.2) is 4.68 Å². The summed E-state index contributed by atoms with van der Waals surface area (Å²) >= 11 is 0. The zero-order valence-corrected chi connectivity index (χ0v) is 16.4. The lowest BCUT2D eigenvalue weighted by atomic mass is 10.2. The van der Waals surface area contributed by atoms with E-state index in [0.717, 1.165) is 17.0 Å². The number of anilines is 1. The number of carbonyl (C=O) groups is 1. The number of carbonyl (C=O) groups excluding carboxylic acids is 1. The zero-order chi connectivity index (χ0) is 20.3. The van der Waals surface area contributed by atoms with E-state index in [1.807, 2.05) is 32.9 Å². The molecule has 28 heavy (non-hydrogen) atoms. The van der Waals surface area contributed by atoms with E-state index in [1.54, 1.807) is 24.0 Å². The Morgan fingerprint density at radius 3 is 2.54 bits per heavy atom. The van der Waals surface area contributed by atoms with Crippen LogP contribution in [0.4, 0.5) is 5.82 Å². The van der Waals surface area contributed by atoms with E-state index in [9.17, 15) is 9.59 Å². The van der Waals surface area contributed by atoms with Crippen LogP contribution in [0, 0.1) is 20.8 Å². The molecule has 0 radical (unpaired) electrons. The van der Waals surface area contributed by atoms with Crippen LogP contribution in [0.1, 0.15) is 27.3 Å². The highest BCUT2D eigenvalue weighted by molar-refractivity contribution is 5.93. The minimum Gasteiger partial charge on any atom is -0.367 e. The molecule has 3 rings (SSSR count). The van der Waals surface area contributed by atoms with Gasteiger partial charge in [-0.05, 0) is 50.6 Å². The second kappa shape index (κ2) is 8.03. The smallest absolute Gasteiger partial charge is 0.263 e. The van der Waals surface area contributed by atoms with Gasteiger partial charge in [0.25, 0.3) is 11.5 Å². The minimum atomic E-state index is -0.399. The van der Waals surface area contributed by atoms with Gasteiger partial charge >= 0.3 is 0 Å². The van der Waals surface area contributed by atoms with Crippen LogP contribution in [0.25, 0.3) is 5.82 Å². The average Bonchev–Trinajstić information content (AvgIpc) is 2.95. The fourth-order valence-electron chi connectivity index (χ4n) is 2.71. The summed E-state index contributed by atoms with van der Waals surface area (Å²) < 4.78 is 3.14. The highest BCUT2D eigenvalue weighted by Gasteiger charge is 2.11. The largest absolute Gasteiger partial charge is 0.367 e. The molecule has 0 aromatic carbocycles. The molecule has 3 aromatic heterocycles. The molecular formula is C19H23N7O2. The van der Waals surface area contributed by atoms with Crippen molar-refractivity contribution in [1.29, 1.82) is 0 Å². The normalized spacial score (nSPS) is 10.7. The summed E-state index contributed by atoms with van der Waals surface area (Å²) in [6.07, 6.45) is 1.61. The SMILES string of the molecule is Cc1nn(-c2ccc(NCCNC(=O)c3cccn(C)c3=O)nn2)c(C)c1C. The maximum Gasteiger partial charge on any atom is 0.263 e. The molecule has 0 aliphatic heterocycles. The summed E-state index contributed by atoms with van der Waals surface area (Å²) in [6.45, 7) is 6.77. The van der Waals surface area contributed by atoms with Gasteiger partial charge in [-0.2, -0.15) is 5.10 Å². The number of hydrogen-bond donors (Lipinski definition) is 2. The molecule has 0 saturated carbocycles. The number of nitrogens with zero attached hydrogens (tertiary/aromatic N) is 5. The van der Waals surface area contributed by atoms with Gasteiger partial charge in [-0.1, -0.05) is 0 Å². The van der Waals surface area contributed by atoms with Gasteiger partial charge < -0.3 is 15.2 Å². The molecule has 146 valence electrons. The van der Waals surface area contributed by atoms with Gasteiger partial charge in [-0.3, -0.25) is 9.59 Å². The summed E-state index contributed by atoms with van der Waals surface area (Å²) in [5.74, 6) is 0.837. The van der Waals surface area contributed by atoms with Gasteiger partial charge in [0.05, 0.1) is 5.69 Å². The first kappa shape index (κ1) is 19.3. The van der Waals surface area contributed by atoms with Crippen molar-refractivity contribution < 1.29 is 4.79 Å². The highest BCUT2D eigenvalue weighted by atomic mass is 16.2. The topological polar surface area (TPSA) is 107 Å². The Hall–Kier alpha value is -3.49. The minimum absolute atomic E-state index is 0.120. The number of aryl methyl sites for hydroxylation is 2. The number of aromatic nitrogens is 5. The third kappa shape index (κ3) is 3.93. The monoisotopic (exact) mass is 381 g/mol. The van der Waals surface area contributed by atoms with Crippen LogP contribution < -0.4 is 16.2 Å². The fraction of sp³-hybridized carbons (Fsp3) is 0.316. The Morgan fingerprint density at radius 1 is 1.11 bits per heavy atom. The van der Waals surface area contributed by atoms with E-state index in [0.29, 0.717) is 24.7 Å². The average molecular weight is 381 g/mol. The molecule has 0 atom stereocenters. The van der Waals surface area contributed by atoms with Crippen LogP contribution in [-0.4, -0.2) is 43.5 Å². The molecule has 0 fully saturated rings. The van der Waals surface area contributed by atoms with Crippen LogP contribution in [0.3, 0.4) is 0 Å². The third-order valence-corrected chi connectivity index (χ3v) is 4.61. The Labute approximate surface area is 162 Å². The first-order valence-electron chi connectivity index (χ1n) is 8.93. The van der Waals surface area contributed by atoms with Crippen LogP contribution in [0.2, 0.25) is 0 Å². The highest BCUT2D eigenvalue weighted by Crippen LogP contribution is 2.15. The molecule has 0 saturated heterocycles. The van der Waals surface area contributed by atoms with Crippen LogP contribution in [0.15, 0.2) is 35.3 Å². The van der Waals surface area contributed by atoms with Crippen LogP contribution >= 0.6 is 0 Å². The third-order valence-electron chi connectivity index (χ3n) is 4.61. The molecule has 0 unspecified atom stereocenters. The van der Waals surface area contributed by atoms with E-state index in [1.165, 1.54) is 10.6 Å². The van der Waals surface area contributed by atoms with Crippen molar-refractivity contribution >= 4 is 11.7 Å². The molecule has 0 aliphatic carbocycles. The van der Waals surface area contributed by atoms with Crippen molar-refractivity contribution in [3.05, 3.63) is 63.3 Å². The molecule has 3 aromatic rings. The maximum atomic E-state index is 12.1. The molecule has 3 heterocycles. The van der Waals surface area contributed by atoms with Gasteiger partial charge in [0.15, 0.2) is 5.82 Å². The van der Waals surface area contributed by atoms with Crippen molar-refractivity contribution in [3.8, 4) is 5.82 Å². The summed E-state index contributed by atoms with van der Waals surface area (Å²) in [6, 6.07) is 6.81. The van der Waals surface area contributed by atoms with E-state index in [4.69, 9.17) is 0 Å². The Morgan fingerprint density at radius 2 is 1.89 bits per heavy atom.